The Morgan fingerprint density at radius 1 is 1.17 bits per heavy atom. The van der Waals surface area contributed by atoms with Crippen molar-refractivity contribution in [3.8, 4) is 5.75 Å². The second kappa shape index (κ2) is 10.1. The fourth-order valence-corrected chi connectivity index (χ4v) is 1.22. The van der Waals surface area contributed by atoms with Crippen molar-refractivity contribution in [1.82, 2.24) is 0 Å². The van der Waals surface area contributed by atoms with E-state index in [0.29, 0.717) is 12.0 Å². The number of alkyl halides is 3. The molecule has 0 heterocycles. The van der Waals surface area contributed by atoms with Crippen LogP contribution in [0.1, 0.15) is 38.3 Å². The highest BCUT2D eigenvalue weighted by atomic mass is 32.1. The fourth-order valence-electron chi connectivity index (χ4n) is 1.22. The highest BCUT2D eigenvalue weighted by Crippen LogP contribution is 2.32. The van der Waals surface area contributed by atoms with Gasteiger partial charge in [-0.3, -0.25) is 0 Å². The van der Waals surface area contributed by atoms with Crippen molar-refractivity contribution < 1.29 is 18.3 Å². The number of phenolic OH excluding ortho intramolecular Hbond substituents is 1. The zero-order valence-corrected chi connectivity index (χ0v) is 12.1. The van der Waals surface area contributed by atoms with E-state index in [1.165, 1.54) is 6.07 Å². The molecule has 0 saturated carbocycles. The Bertz CT molecular complexity index is 325. The van der Waals surface area contributed by atoms with E-state index in [4.69, 9.17) is 0 Å². The molecule has 0 amide bonds. The predicted molar refractivity (Wildman–Crippen MR) is 73.4 cm³/mol. The molecule has 1 N–H and O–H groups in total. The average Bonchev–Trinajstić information content (AvgIpc) is 2.36. The first-order valence-electron chi connectivity index (χ1n) is 5.79. The lowest BCUT2D eigenvalue weighted by atomic mass is 10.1. The van der Waals surface area contributed by atoms with Crippen molar-refractivity contribution in [3.63, 3.8) is 0 Å². The van der Waals surface area contributed by atoms with Crippen LogP contribution in [-0.4, -0.2) is 11.4 Å². The molecular formula is C13H21F3OS. The maximum Gasteiger partial charge on any atom is 0.416 e. The van der Waals surface area contributed by atoms with Gasteiger partial charge in [0.1, 0.15) is 5.75 Å². The zero-order valence-electron chi connectivity index (χ0n) is 11.2. The minimum atomic E-state index is -4.39. The van der Waals surface area contributed by atoms with E-state index in [2.05, 4.69) is 12.6 Å². The third-order valence-electron chi connectivity index (χ3n) is 1.93. The lowest BCUT2D eigenvalue weighted by molar-refractivity contribution is -0.137. The maximum atomic E-state index is 12.2. The van der Waals surface area contributed by atoms with E-state index in [9.17, 15) is 18.3 Å². The monoisotopic (exact) mass is 282 g/mol. The van der Waals surface area contributed by atoms with Crippen LogP contribution in [-0.2, 0) is 12.6 Å². The fraction of sp³-hybridized carbons (Fsp3) is 0.538. The topological polar surface area (TPSA) is 20.2 Å². The van der Waals surface area contributed by atoms with Crippen LogP contribution in [0.2, 0.25) is 0 Å². The smallest absolute Gasteiger partial charge is 0.416 e. The highest BCUT2D eigenvalue weighted by Gasteiger charge is 2.30. The summed E-state index contributed by atoms with van der Waals surface area (Å²) in [6.07, 6.45) is -1.31. The van der Waals surface area contributed by atoms with Crippen LogP contribution in [0.5, 0.6) is 5.75 Å². The minimum absolute atomic E-state index is 0.276. The predicted octanol–water partition coefficient (Wildman–Crippen LogP) is 4.94. The molecular weight excluding hydrogens is 261 g/mol. The van der Waals surface area contributed by atoms with Crippen LogP contribution in [0, 0.1) is 0 Å². The number of halogens is 3. The van der Waals surface area contributed by atoms with E-state index in [0.717, 1.165) is 18.6 Å². The van der Waals surface area contributed by atoms with Crippen molar-refractivity contribution >= 4 is 12.6 Å². The lowest BCUT2D eigenvalue weighted by Crippen LogP contribution is -2.04. The molecule has 0 spiro atoms. The molecule has 1 aromatic carbocycles. The van der Waals surface area contributed by atoms with Crippen molar-refractivity contribution in [2.45, 2.75) is 39.8 Å². The van der Waals surface area contributed by atoms with Gasteiger partial charge in [-0.15, -0.1) is 0 Å². The number of aryl methyl sites for hydroxylation is 1. The van der Waals surface area contributed by atoms with Gasteiger partial charge in [-0.05, 0) is 30.4 Å². The van der Waals surface area contributed by atoms with E-state index in [1.54, 1.807) is 6.26 Å². The molecule has 0 radical (unpaired) electrons. The molecule has 1 rings (SSSR count). The molecule has 0 atom stereocenters. The molecule has 0 fully saturated rings. The number of hydrogen-bond acceptors (Lipinski definition) is 2. The van der Waals surface area contributed by atoms with E-state index in [1.807, 2.05) is 20.8 Å². The summed E-state index contributed by atoms with van der Waals surface area (Å²) in [6, 6.07) is 3.08. The van der Waals surface area contributed by atoms with Crippen LogP contribution in [0.3, 0.4) is 0 Å². The van der Waals surface area contributed by atoms with Crippen LogP contribution in [0.15, 0.2) is 18.2 Å². The van der Waals surface area contributed by atoms with Crippen molar-refractivity contribution in [1.29, 1.82) is 0 Å². The normalized spacial score (nSPS) is 9.78. The Balaban J connectivity index is 0. The van der Waals surface area contributed by atoms with Gasteiger partial charge in [0.15, 0.2) is 0 Å². The van der Waals surface area contributed by atoms with Gasteiger partial charge in [-0.2, -0.15) is 25.8 Å². The van der Waals surface area contributed by atoms with E-state index >= 15 is 0 Å². The Kier molecular flexibility index (Phi) is 11.0. The Morgan fingerprint density at radius 2 is 1.67 bits per heavy atom. The first kappa shape index (κ1) is 19.5. The zero-order chi connectivity index (χ0) is 14.8. The third-order valence-corrected chi connectivity index (χ3v) is 1.93. The van der Waals surface area contributed by atoms with Gasteiger partial charge in [-0.25, -0.2) is 0 Å². The lowest BCUT2D eigenvalue weighted by Gasteiger charge is -2.09. The first-order chi connectivity index (χ1) is 8.45. The Labute approximate surface area is 112 Å². The number of rotatable bonds is 2. The van der Waals surface area contributed by atoms with Crippen LogP contribution >= 0.6 is 12.6 Å². The summed E-state index contributed by atoms with van der Waals surface area (Å²) in [4.78, 5) is 0. The van der Waals surface area contributed by atoms with E-state index < -0.39 is 11.7 Å². The van der Waals surface area contributed by atoms with E-state index in [-0.39, 0.29) is 5.75 Å². The molecule has 18 heavy (non-hydrogen) atoms. The highest BCUT2D eigenvalue weighted by molar-refractivity contribution is 7.79. The molecule has 0 unspecified atom stereocenters. The molecule has 0 aliphatic carbocycles. The maximum absolute atomic E-state index is 12.2. The average molecular weight is 282 g/mol. The third kappa shape index (κ3) is 6.79. The number of benzene rings is 1. The molecule has 1 aromatic rings. The molecule has 1 nitrogen and oxygen atoms in total. The molecule has 0 aromatic heterocycles. The summed E-state index contributed by atoms with van der Waals surface area (Å²) in [5.74, 6) is -0.276. The molecule has 0 bridgehead atoms. The summed E-state index contributed by atoms with van der Waals surface area (Å²) in [7, 11) is 0. The van der Waals surface area contributed by atoms with Gasteiger partial charge in [0.05, 0.1) is 5.56 Å². The summed E-state index contributed by atoms with van der Waals surface area (Å²) < 4.78 is 36.5. The quantitative estimate of drug-likeness (QED) is 0.736. The van der Waals surface area contributed by atoms with Crippen molar-refractivity contribution in [3.05, 3.63) is 29.3 Å². The van der Waals surface area contributed by atoms with Crippen molar-refractivity contribution in [2.75, 3.05) is 6.26 Å². The van der Waals surface area contributed by atoms with Gasteiger partial charge < -0.3 is 5.11 Å². The van der Waals surface area contributed by atoms with Crippen LogP contribution < -0.4 is 0 Å². The molecule has 0 aliphatic rings. The molecule has 106 valence electrons. The first-order valence-corrected chi connectivity index (χ1v) is 6.68. The standard InChI is InChI=1S/C10H11F3O.C2H6.CH4S/c1-2-3-7-4-5-8(6-9(7)14)10(11,12)13;2*1-2/h4-6,14H,2-3H2,1H3;1-2H3;2H,1H3. The second-order valence-corrected chi connectivity index (χ2v) is 3.09. The van der Waals surface area contributed by atoms with Gasteiger partial charge in [-0.1, -0.05) is 33.3 Å². The van der Waals surface area contributed by atoms with Crippen LogP contribution in [0.4, 0.5) is 13.2 Å². The number of aromatic hydroxyl groups is 1. The summed E-state index contributed by atoms with van der Waals surface area (Å²) in [6.45, 7) is 5.90. The largest absolute Gasteiger partial charge is 0.508 e. The Hall–Kier alpha value is -0.840. The van der Waals surface area contributed by atoms with Crippen molar-refractivity contribution in [2.24, 2.45) is 0 Å². The summed E-state index contributed by atoms with van der Waals surface area (Å²) >= 11 is 3.53. The van der Waals surface area contributed by atoms with Gasteiger partial charge >= 0.3 is 6.18 Å². The molecule has 5 heteroatoms. The number of phenols is 1. The number of thiol groups is 1. The SMILES string of the molecule is CC.CCCc1ccc(C(F)(F)F)cc1O.CS. The molecule has 0 aliphatic heterocycles. The molecule has 0 saturated heterocycles. The van der Waals surface area contributed by atoms with Crippen LogP contribution in [0.25, 0.3) is 0 Å². The number of hydrogen-bond donors (Lipinski definition) is 2. The Morgan fingerprint density at radius 3 is 2.00 bits per heavy atom. The minimum Gasteiger partial charge on any atom is -0.508 e. The second-order valence-electron chi connectivity index (χ2n) is 3.09. The van der Waals surface area contributed by atoms with Gasteiger partial charge in [0.25, 0.3) is 0 Å². The van der Waals surface area contributed by atoms with Gasteiger partial charge in [0.2, 0.25) is 0 Å². The van der Waals surface area contributed by atoms with Gasteiger partial charge in [0, 0.05) is 0 Å². The summed E-state index contributed by atoms with van der Waals surface area (Å²) in [5, 5.41) is 9.29. The summed E-state index contributed by atoms with van der Waals surface area (Å²) in [5.41, 5.74) is -0.254.